The van der Waals surface area contributed by atoms with Gasteiger partial charge in [0.15, 0.2) is 0 Å². The maximum absolute atomic E-state index is 12.6. The van der Waals surface area contributed by atoms with Crippen molar-refractivity contribution in [1.82, 2.24) is 5.32 Å². The van der Waals surface area contributed by atoms with E-state index < -0.39 is 11.6 Å². The zero-order chi connectivity index (χ0) is 20.9. The topological polar surface area (TPSA) is 112 Å². The van der Waals surface area contributed by atoms with Crippen molar-refractivity contribution >= 4 is 5.91 Å². The highest BCUT2D eigenvalue weighted by molar-refractivity contribution is 5.86. The minimum absolute atomic E-state index is 0.242. The Balaban J connectivity index is 1.75. The van der Waals surface area contributed by atoms with Gasteiger partial charge in [0.1, 0.15) is 6.04 Å². The summed E-state index contributed by atoms with van der Waals surface area (Å²) in [5.74, 6) is -0.345. The van der Waals surface area contributed by atoms with E-state index in [1.165, 1.54) is 5.56 Å². The molecule has 0 bridgehead atoms. The summed E-state index contributed by atoms with van der Waals surface area (Å²) in [6.45, 7) is 2.89. The van der Waals surface area contributed by atoms with Crippen molar-refractivity contribution in [3.05, 3.63) is 59.2 Å². The van der Waals surface area contributed by atoms with Crippen molar-refractivity contribution in [2.75, 3.05) is 13.2 Å². The third-order valence-electron chi connectivity index (χ3n) is 5.34. The van der Waals surface area contributed by atoms with Crippen LogP contribution in [0.2, 0.25) is 0 Å². The summed E-state index contributed by atoms with van der Waals surface area (Å²) < 4.78 is 5.27. The first-order valence-corrected chi connectivity index (χ1v) is 9.62. The lowest BCUT2D eigenvalue weighted by Gasteiger charge is -2.32. The van der Waals surface area contributed by atoms with Crippen molar-refractivity contribution in [2.24, 2.45) is 5.73 Å². The highest BCUT2D eigenvalue weighted by atomic mass is 16.5. The molecule has 0 spiro atoms. The van der Waals surface area contributed by atoms with Gasteiger partial charge in [0.25, 0.3) is 0 Å². The molecule has 0 saturated carbocycles. The van der Waals surface area contributed by atoms with Gasteiger partial charge < -0.3 is 15.8 Å². The van der Waals surface area contributed by atoms with Crippen LogP contribution in [0.25, 0.3) is 11.1 Å². The van der Waals surface area contributed by atoms with Crippen LogP contribution in [0, 0.1) is 29.6 Å². The van der Waals surface area contributed by atoms with Crippen molar-refractivity contribution in [1.29, 1.82) is 10.5 Å². The van der Waals surface area contributed by atoms with Crippen LogP contribution in [0.15, 0.2) is 42.5 Å². The van der Waals surface area contributed by atoms with E-state index >= 15 is 0 Å². The van der Waals surface area contributed by atoms with Crippen molar-refractivity contribution < 1.29 is 9.53 Å². The van der Waals surface area contributed by atoms with Gasteiger partial charge in [0, 0.05) is 19.6 Å². The fraction of sp³-hybridized carbons (Fsp3) is 0.348. The van der Waals surface area contributed by atoms with E-state index in [0.717, 1.165) is 11.1 Å². The highest BCUT2D eigenvalue weighted by Gasteiger charge is 2.36. The van der Waals surface area contributed by atoms with E-state index in [-0.39, 0.29) is 12.3 Å². The Kier molecular flexibility index (Phi) is 6.29. The van der Waals surface area contributed by atoms with Crippen molar-refractivity contribution in [3.8, 4) is 23.3 Å². The lowest BCUT2D eigenvalue weighted by atomic mass is 9.89. The first kappa shape index (κ1) is 20.5. The summed E-state index contributed by atoms with van der Waals surface area (Å²) in [7, 11) is 0. The molecule has 29 heavy (non-hydrogen) atoms. The zero-order valence-corrected chi connectivity index (χ0v) is 16.4. The second kappa shape index (κ2) is 8.87. The van der Waals surface area contributed by atoms with Crippen LogP contribution in [-0.2, 0) is 16.0 Å². The number of hydrogen-bond acceptors (Lipinski definition) is 5. The number of nitrogens with zero attached hydrogens (tertiary/aromatic N) is 2. The summed E-state index contributed by atoms with van der Waals surface area (Å²) in [6.07, 6.45) is 1.09. The summed E-state index contributed by atoms with van der Waals surface area (Å²) in [6, 6.07) is 17.2. The molecule has 0 aromatic heterocycles. The SMILES string of the molecule is Cc1ccc(-c2ccc(C[C@@H](C#N)NC(=O)C3(N)CCOCC3)c(C#N)c2)cc1. The van der Waals surface area contributed by atoms with E-state index in [2.05, 4.69) is 17.5 Å². The van der Waals surface area contributed by atoms with Gasteiger partial charge in [-0.15, -0.1) is 0 Å². The fourth-order valence-corrected chi connectivity index (χ4v) is 3.40. The molecule has 0 radical (unpaired) electrons. The van der Waals surface area contributed by atoms with Crippen molar-refractivity contribution in [3.63, 3.8) is 0 Å². The Morgan fingerprint density at radius 1 is 1.17 bits per heavy atom. The average Bonchev–Trinajstić information content (AvgIpc) is 2.74. The smallest absolute Gasteiger partial charge is 0.241 e. The van der Waals surface area contributed by atoms with Crippen LogP contribution in [0.1, 0.15) is 29.5 Å². The number of nitriles is 2. The van der Waals surface area contributed by atoms with E-state index in [9.17, 15) is 15.3 Å². The zero-order valence-electron chi connectivity index (χ0n) is 16.4. The molecule has 6 heteroatoms. The van der Waals surface area contributed by atoms with Gasteiger partial charge in [0.2, 0.25) is 5.91 Å². The van der Waals surface area contributed by atoms with Crippen LogP contribution in [0.3, 0.4) is 0 Å². The lowest BCUT2D eigenvalue weighted by Crippen LogP contribution is -2.58. The third-order valence-corrected chi connectivity index (χ3v) is 5.34. The van der Waals surface area contributed by atoms with Crippen LogP contribution < -0.4 is 11.1 Å². The second-order valence-electron chi connectivity index (χ2n) is 7.48. The Hall–Kier alpha value is -3.19. The number of hydrogen-bond donors (Lipinski definition) is 2. The summed E-state index contributed by atoms with van der Waals surface area (Å²) in [5.41, 5.74) is 9.52. The normalized spacial score (nSPS) is 16.3. The Labute approximate surface area is 170 Å². The molecular formula is C23H24N4O2. The molecule has 2 aromatic rings. The lowest BCUT2D eigenvalue weighted by molar-refractivity contribution is -0.130. The molecule has 3 rings (SSSR count). The number of benzene rings is 2. The third kappa shape index (κ3) is 4.81. The molecular weight excluding hydrogens is 364 g/mol. The van der Waals surface area contributed by atoms with Gasteiger partial charge in [0.05, 0.1) is 23.2 Å². The first-order chi connectivity index (χ1) is 13.9. The van der Waals surface area contributed by atoms with Gasteiger partial charge in [-0.05, 0) is 42.5 Å². The van der Waals surface area contributed by atoms with Gasteiger partial charge in [-0.3, -0.25) is 4.79 Å². The Bertz CT molecular complexity index is 964. The Morgan fingerprint density at radius 3 is 2.45 bits per heavy atom. The molecule has 3 N–H and O–H groups in total. The van der Waals surface area contributed by atoms with E-state index in [1.807, 2.05) is 49.4 Å². The second-order valence-corrected chi connectivity index (χ2v) is 7.48. The number of amides is 1. The molecule has 1 atom stereocenters. The predicted octanol–water partition coefficient (Wildman–Crippen LogP) is 2.59. The number of nitrogens with two attached hydrogens (primary N) is 1. The molecule has 6 nitrogen and oxygen atoms in total. The van der Waals surface area contributed by atoms with E-state index in [4.69, 9.17) is 10.5 Å². The molecule has 1 heterocycles. The van der Waals surface area contributed by atoms with E-state index in [0.29, 0.717) is 37.2 Å². The largest absolute Gasteiger partial charge is 0.381 e. The first-order valence-electron chi connectivity index (χ1n) is 9.62. The van der Waals surface area contributed by atoms with Crippen molar-refractivity contribution in [2.45, 2.75) is 37.8 Å². The van der Waals surface area contributed by atoms with Crippen LogP contribution in [-0.4, -0.2) is 30.7 Å². The molecule has 2 aromatic carbocycles. The molecule has 0 aliphatic carbocycles. The quantitative estimate of drug-likeness (QED) is 0.818. The van der Waals surface area contributed by atoms with Crippen LogP contribution in [0.4, 0.5) is 0 Å². The standard InChI is InChI=1S/C23H24N4O2/c1-16-2-4-17(5-3-16)18-6-7-19(20(12-18)14-24)13-21(15-25)27-22(28)23(26)8-10-29-11-9-23/h2-7,12,21H,8-11,13,26H2,1H3,(H,27,28)/t21-/m0/s1. The number of rotatable bonds is 5. The molecule has 1 aliphatic heterocycles. The fourth-order valence-electron chi connectivity index (χ4n) is 3.40. The number of ether oxygens (including phenoxy) is 1. The van der Waals surface area contributed by atoms with Crippen LogP contribution in [0.5, 0.6) is 0 Å². The molecule has 1 saturated heterocycles. The summed E-state index contributed by atoms with van der Waals surface area (Å²) >= 11 is 0. The minimum atomic E-state index is -1.01. The number of carbonyl (C=O) groups excluding carboxylic acids is 1. The monoisotopic (exact) mass is 388 g/mol. The molecule has 148 valence electrons. The number of aryl methyl sites for hydroxylation is 1. The predicted molar refractivity (Wildman–Crippen MR) is 110 cm³/mol. The summed E-state index contributed by atoms with van der Waals surface area (Å²) in [4.78, 5) is 12.6. The highest BCUT2D eigenvalue weighted by Crippen LogP contribution is 2.24. The van der Waals surface area contributed by atoms with Gasteiger partial charge in [-0.1, -0.05) is 42.0 Å². The molecule has 1 fully saturated rings. The van der Waals surface area contributed by atoms with Gasteiger partial charge in [-0.2, -0.15) is 10.5 Å². The molecule has 0 unspecified atom stereocenters. The van der Waals surface area contributed by atoms with E-state index in [1.54, 1.807) is 0 Å². The minimum Gasteiger partial charge on any atom is -0.381 e. The maximum Gasteiger partial charge on any atom is 0.241 e. The maximum atomic E-state index is 12.6. The van der Waals surface area contributed by atoms with Crippen LogP contribution >= 0.6 is 0 Å². The van der Waals surface area contributed by atoms with Gasteiger partial charge in [-0.25, -0.2) is 0 Å². The molecule has 1 aliphatic rings. The summed E-state index contributed by atoms with van der Waals surface area (Å²) in [5, 5.41) is 21.9. The number of carbonyl (C=O) groups is 1. The van der Waals surface area contributed by atoms with Gasteiger partial charge >= 0.3 is 0 Å². The number of nitrogens with one attached hydrogen (secondary N) is 1. The molecule has 1 amide bonds. The average molecular weight is 388 g/mol. The Morgan fingerprint density at radius 2 is 1.83 bits per heavy atom.